The predicted molar refractivity (Wildman–Crippen MR) is 137 cm³/mol. The second kappa shape index (κ2) is 10.4. The lowest BCUT2D eigenvalue weighted by atomic mass is 10.2. The van der Waals surface area contributed by atoms with Crippen molar-refractivity contribution < 1.29 is 22.7 Å². The van der Waals surface area contributed by atoms with E-state index in [4.69, 9.17) is 4.74 Å². The topological polar surface area (TPSA) is 73.2 Å². The fourth-order valence-electron chi connectivity index (χ4n) is 3.56. The summed E-state index contributed by atoms with van der Waals surface area (Å²) < 4.78 is 45.9. The summed E-state index contributed by atoms with van der Waals surface area (Å²) in [5.41, 5.74) is 0.333. The molecule has 2 heterocycles. The molecular weight excluding hydrogens is 511 g/mol. The number of rotatable bonds is 7. The van der Waals surface area contributed by atoms with Crippen LogP contribution in [-0.2, 0) is 11.0 Å². The van der Waals surface area contributed by atoms with E-state index in [1.807, 2.05) is 20.8 Å². The molecule has 0 spiro atoms. The molecule has 6 nitrogen and oxygen atoms in total. The number of hydrogen-bond donors (Lipinski definition) is 1. The number of benzene rings is 2. The summed E-state index contributed by atoms with van der Waals surface area (Å²) in [6.45, 7) is 6.16. The minimum absolute atomic E-state index is 0.0345. The largest absolute Gasteiger partial charge is 0.494 e. The lowest BCUT2D eigenvalue weighted by Gasteiger charge is -2.13. The molecule has 2 aromatic carbocycles. The maximum absolute atomic E-state index is 13.5. The van der Waals surface area contributed by atoms with Gasteiger partial charge in [0.1, 0.15) is 10.6 Å². The number of carbonyl (C=O) groups excluding carboxylic acids is 1. The van der Waals surface area contributed by atoms with Gasteiger partial charge in [0.25, 0.3) is 5.56 Å². The first-order chi connectivity index (χ1) is 17.1. The maximum atomic E-state index is 13.5. The molecule has 0 bridgehead atoms. The van der Waals surface area contributed by atoms with Crippen LogP contribution in [0, 0.1) is 13.8 Å². The SMILES string of the molecule is CCOc1ccc(-n2c(SCC(=O)Nc3cccc(C(F)(F)F)c3)nc3sc(C)c(C)c3c2=O)cc1. The fraction of sp³-hybridized carbons (Fsp3) is 0.240. The standard InChI is InChI=1S/C25H22F3N3O3S2/c1-4-34-19-10-8-18(9-11-19)31-23(33)21-14(2)15(3)36-22(21)30-24(31)35-13-20(32)29-17-7-5-6-16(12-17)25(26,27)28/h5-12H,4,13H2,1-3H3,(H,29,32). The number of amides is 1. The lowest BCUT2D eigenvalue weighted by Crippen LogP contribution is -2.23. The number of hydrogen-bond acceptors (Lipinski definition) is 6. The molecule has 0 saturated heterocycles. The van der Waals surface area contributed by atoms with Gasteiger partial charge in [-0.3, -0.25) is 14.2 Å². The maximum Gasteiger partial charge on any atom is 0.416 e. The number of anilines is 1. The number of thiophene rings is 1. The van der Waals surface area contributed by atoms with E-state index in [1.165, 1.54) is 28.0 Å². The molecule has 0 aliphatic heterocycles. The zero-order valence-corrected chi connectivity index (χ0v) is 21.2. The van der Waals surface area contributed by atoms with Crippen molar-refractivity contribution in [3.8, 4) is 11.4 Å². The van der Waals surface area contributed by atoms with Gasteiger partial charge in [-0.15, -0.1) is 11.3 Å². The van der Waals surface area contributed by atoms with Gasteiger partial charge in [-0.1, -0.05) is 17.8 Å². The van der Waals surface area contributed by atoms with Gasteiger partial charge in [-0.25, -0.2) is 4.98 Å². The summed E-state index contributed by atoms with van der Waals surface area (Å²) in [7, 11) is 0. The van der Waals surface area contributed by atoms with Gasteiger partial charge in [0, 0.05) is 10.6 Å². The summed E-state index contributed by atoms with van der Waals surface area (Å²) in [5, 5.41) is 3.30. The van der Waals surface area contributed by atoms with Crippen molar-refractivity contribution in [2.24, 2.45) is 0 Å². The molecule has 0 atom stereocenters. The Kier molecular flexibility index (Phi) is 7.41. The molecule has 0 saturated carbocycles. The number of carbonyl (C=O) groups is 1. The lowest BCUT2D eigenvalue weighted by molar-refractivity contribution is -0.137. The van der Waals surface area contributed by atoms with Crippen LogP contribution < -0.4 is 15.6 Å². The Bertz CT molecular complexity index is 1480. The number of aryl methyl sites for hydroxylation is 2. The van der Waals surface area contributed by atoms with Crippen LogP contribution in [0.4, 0.5) is 18.9 Å². The van der Waals surface area contributed by atoms with Crippen LogP contribution in [0.2, 0.25) is 0 Å². The number of nitrogens with one attached hydrogen (secondary N) is 1. The average molecular weight is 534 g/mol. The van der Waals surface area contributed by atoms with Crippen LogP contribution in [0.1, 0.15) is 22.9 Å². The normalized spacial score (nSPS) is 11.6. The van der Waals surface area contributed by atoms with E-state index in [9.17, 15) is 22.8 Å². The first-order valence-electron chi connectivity index (χ1n) is 10.9. The van der Waals surface area contributed by atoms with Gasteiger partial charge in [-0.05, 0) is 68.8 Å². The Labute approximate surface area is 213 Å². The second-order valence-electron chi connectivity index (χ2n) is 7.84. The molecule has 0 aliphatic carbocycles. The van der Waals surface area contributed by atoms with Crippen molar-refractivity contribution in [1.82, 2.24) is 9.55 Å². The highest BCUT2D eigenvalue weighted by Crippen LogP contribution is 2.32. The monoisotopic (exact) mass is 533 g/mol. The molecule has 36 heavy (non-hydrogen) atoms. The van der Waals surface area contributed by atoms with E-state index in [2.05, 4.69) is 10.3 Å². The molecule has 11 heteroatoms. The smallest absolute Gasteiger partial charge is 0.416 e. The van der Waals surface area contributed by atoms with Crippen LogP contribution in [0.3, 0.4) is 0 Å². The van der Waals surface area contributed by atoms with E-state index < -0.39 is 17.6 Å². The van der Waals surface area contributed by atoms with E-state index in [-0.39, 0.29) is 17.0 Å². The van der Waals surface area contributed by atoms with Crippen LogP contribution in [0.5, 0.6) is 5.75 Å². The van der Waals surface area contributed by atoms with Crippen molar-refractivity contribution in [1.29, 1.82) is 0 Å². The number of nitrogens with zero attached hydrogens (tertiary/aromatic N) is 2. The number of halogens is 3. The van der Waals surface area contributed by atoms with Gasteiger partial charge in [0.05, 0.1) is 29.0 Å². The number of aromatic nitrogens is 2. The van der Waals surface area contributed by atoms with Gasteiger partial charge in [0.2, 0.25) is 5.91 Å². The molecule has 4 aromatic rings. The average Bonchev–Trinajstić information content (AvgIpc) is 3.12. The highest BCUT2D eigenvalue weighted by atomic mass is 32.2. The van der Waals surface area contributed by atoms with Crippen molar-refractivity contribution >= 4 is 44.9 Å². The fourth-order valence-corrected chi connectivity index (χ4v) is 5.44. The summed E-state index contributed by atoms with van der Waals surface area (Å²) >= 11 is 2.43. The van der Waals surface area contributed by atoms with Crippen LogP contribution in [-0.4, -0.2) is 27.8 Å². The molecule has 4 rings (SSSR count). The van der Waals surface area contributed by atoms with Crippen LogP contribution >= 0.6 is 23.1 Å². The summed E-state index contributed by atoms with van der Waals surface area (Å²) in [4.78, 5) is 32.3. The van der Waals surface area contributed by atoms with Gasteiger partial charge < -0.3 is 10.1 Å². The van der Waals surface area contributed by atoms with Crippen molar-refractivity contribution in [2.75, 3.05) is 17.7 Å². The molecule has 0 fully saturated rings. The minimum Gasteiger partial charge on any atom is -0.494 e. The molecule has 1 amide bonds. The number of alkyl halides is 3. The van der Waals surface area contributed by atoms with Gasteiger partial charge >= 0.3 is 6.18 Å². The van der Waals surface area contributed by atoms with E-state index in [0.29, 0.717) is 33.4 Å². The zero-order valence-electron chi connectivity index (χ0n) is 19.6. The second-order valence-corrected chi connectivity index (χ2v) is 9.99. The predicted octanol–water partition coefficient (Wildman–Crippen LogP) is 6.21. The van der Waals surface area contributed by atoms with E-state index >= 15 is 0 Å². The highest BCUT2D eigenvalue weighted by Gasteiger charge is 2.30. The van der Waals surface area contributed by atoms with Crippen molar-refractivity contribution in [3.63, 3.8) is 0 Å². The third-order valence-corrected chi connectivity index (χ3v) is 7.42. The Morgan fingerprint density at radius 1 is 1.17 bits per heavy atom. The first kappa shape index (κ1) is 25.8. The van der Waals surface area contributed by atoms with Crippen molar-refractivity contribution in [2.45, 2.75) is 32.1 Å². The Morgan fingerprint density at radius 3 is 2.56 bits per heavy atom. The molecule has 188 valence electrons. The zero-order chi connectivity index (χ0) is 26.0. The minimum atomic E-state index is -4.51. The molecular formula is C25H22F3N3O3S2. The third-order valence-electron chi connectivity index (χ3n) is 5.38. The number of ether oxygens (including phenoxy) is 1. The number of thioether (sulfide) groups is 1. The van der Waals surface area contributed by atoms with E-state index in [1.54, 1.807) is 24.3 Å². The Morgan fingerprint density at radius 2 is 1.89 bits per heavy atom. The highest BCUT2D eigenvalue weighted by molar-refractivity contribution is 7.99. The first-order valence-corrected chi connectivity index (χ1v) is 12.7. The Hall–Kier alpha value is -3.31. The molecule has 1 N–H and O–H groups in total. The molecule has 2 aromatic heterocycles. The van der Waals surface area contributed by atoms with Gasteiger partial charge in [0.15, 0.2) is 5.16 Å². The van der Waals surface area contributed by atoms with Crippen LogP contribution in [0.15, 0.2) is 58.5 Å². The van der Waals surface area contributed by atoms with Crippen LogP contribution in [0.25, 0.3) is 15.9 Å². The van der Waals surface area contributed by atoms with E-state index in [0.717, 1.165) is 34.3 Å². The van der Waals surface area contributed by atoms with Crippen molar-refractivity contribution in [3.05, 3.63) is 74.9 Å². The molecule has 0 radical (unpaired) electrons. The molecule has 0 aliphatic rings. The van der Waals surface area contributed by atoms with Gasteiger partial charge in [-0.2, -0.15) is 13.2 Å². The number of fused-ring (bicyclic) bond motifs is 1. The third kappa shape index (κ3) is 5.41. The molecule has 0 unspecified atom stereocenters. The Balaban J connectivity index is 1.65. The summed E-state index contributed by atoms with van der Waals surface area (Å²) in [5.74, 6) is -0.0276. The summed E-state index contributed by atoms with van der Waals surface area (Å²) in [6.07, 6.45) is -4.51. The quantitative estimate of drug-likeness (QED) is 0.226. The summed E-state index contributed by atoms with van der Waals surface area (Å²) in [6, 6.07) is 11.4.